The van der Waals surface area contributed by atoms with Crippen molar-refractivity contribution < 1.29 is 17.9 Å². The molecule has 2 rings (SSSR count). The number of sulfonamides is 1. The second-order valence-corrected chi connectivity index (χ2v) is 9.55. The first-order valence-corrected chi connectivity index (χ1v) is 11.6. The summed E-state index contributed by atoms with van der Waals surface area (Å²) in [7, 11) is -3.65. The van der Waals surface area contributed by atoms with E-state index in [9.17, 15) is 13.2 Å². The maximum atomic E-state index is 12.2. The number of hydrogen-bond donors (Lipinski definition) is 1. The van der Waals surface area contributed by atoms with Crippen LogP contribution in [-0.2, 0) is 14.8 Å². The molecule has 0 aliphatic carbocycles. The number of nitrogens with one attached hydrogen (secondary N) is 1. The van der Waals surface area contributed by atoms with Crippen LogP contribution in [0, 0.1) is 5.92 Å². The van der Waals surface area contributed by atoms with Gasteiger partial charge in [-0.2, -0.15) is 5.10 Å². The highest BCUT2D eigenvalue weighted by Crippen LogP contribution is 2.27. The van der Waals surface area contributed by atoms with Crippen LogP contribution < -0.4 is 14.5 Å². The van der Waals surface area contributed by atoms with Gasteiger partial charge in [-0.3, -0.25) is 9.10 Å². The number of hydrogen-bond acceptors (Lipinski definition) is 5. The highest BCUT2D eigenvalue weighted by atomic mass is 79.9. The van der Waals surface area contributed by atoms with Gasteiger partial charge in [0.05, 0.1) is 24.8 Å². The summed E-state index contributed by atoms with van der Waals surface area (Å²) in [5.41, 5.74) is 3.51. The van der Waals surface area contributed by atoms with Crippen molar-refractivity contribution in [3.63, 3.8) is 0 Å². The molecule has 0 bridgehead atoms. The Morgan fingerprint density at radius 2 is 1.86 bits per heavy atom. The zero-order valence-corrected chi connectivity index (χ0v) is 18.9. The Morgan fingerprint density at radius 3 is 2.45 bits per heavy atom. The van der Waals surface area contributed by atoms with Crippen LogP contribution in [0.4, 0.5) is 5.69 Å². The van der Waals surface area contributed by atoms with E-state index in [1.807, 2.05) is 24.3 Å². The molecule has 0 atom stereocenters. The van der Waals surface area contributed by atoms with Crippen LogP contribution in [0.25, 0.3) is 0 Å². The molecule has 1 N–H and O–H groups in total. The number of benzene rings is 2. The molecule has 0 radical (unpaired) electrons. The zero-order valence-electron chi connectivity index (χ0n) is 16.5. The van der Waals surface area contributed by atoms with Crippen LogP contribution in [0.15, 0.2) is 58.1 Å². The van der Waals surface area contributed by atoms with E-state index in [2.05, 4.69) is 40.3 Å². The number of carbonyl (C=O) groups is 1. The van der Waals surface area contributed by atoms with Crippen molar-refractivity contribution in [2.45, 2.75) is 13.8 Å². The van der Waals surface area contributed by atoms with Gasteiger partial charge in [-0.05, 0) is 63.8 Å². The summed E-state index contributed by atoms with van der Waals surface area (Å²) in [4.78, 5) is 12.2. The average molecular weight is 482 g/mol. The summed E-state index contributed by atoms with van der Waals surface area (Å²) >= 11 is 3.31. The van der Waals surface area contributed by atoms with Crippen molar-refractivity contribution in [3.05, 3.63) is 58.6 Å². The number of ether oxygens (including phenoxy) is 1. The largest absolute Gasteiger partial charge is 0.493 e. The molecule has 7 nitrogen and oxygen atoms in total. The Balaban J connectivity index is 1.98. The molecule has 0 unspecified atom stereocenters. The van der Waals surface area contributed by atoms with Crippen molar-refractivity contribution >= 4 is 43.8 Å². The molecule has 9 heteroatoms. The molecule has 0 aromatic heterocycles. The number of amides is 1. The fourth-order valence-corrected chi connectivity index (χ4v) is 3.78. The second kappa shape index (κ2) is 10.4. The van der Waals surface area contributed by atoms with Gasteiger partial charge in [0.25, 0.3) is 5.91 Å². The molecule has 156 valence electrons. The Labute approximate surface area is 179 Å². The molecular formula is C20H24BrN3O4S. The standard InChI is InChI=1S/C20H24BrN3O4S/c1-15(2)14-28-17-10-8-16(9-11-17)12-22-23-20(25)13-24(29(3,26)27)19-7-5-4-6-18(19)21/h4-12,15H,13-14H2,1-3H3,(H,23,25)/b22-12-. The lowest BCUT2D eigenvalue weighted by molar-refractivity contribution is -0.119. The third-order valence-electron chi connectivity index (χ3n) is 3.67. The molecule has 2 aromatic rings. The first-order chi connectivity index (χ1) is 13.7. The van der Waals surface area contributed by atoms with E-state index in [4.69, 9.17) is 4.74 Å². The quantitative estimate of drug-likeness (QED) is 0.439. The fraction of sp³-hybridized carbons (Fsp3) is 0.300. The van der Waals surface area contributed by atoms with Crippen LogP contribution >= 0.6 is 15.9 Å². The number of para-hydroxylation sites is 1. The van der Waals surface area contributed by atoms with Gasteiger partial charge in [0.15, 0.2) is 0 Å². The van der Waals surface area contributed by atoms with Gasteiger partial charge < -0.3 is 4.74 Å². The van der Waals surface area contributed by atoms with E-state index in [1.165, 1.54) is 6.21 Å². The summed E-state index contributed by atoms with van der Waals surface area (Å²) in [6, 6.07) is 14.1. The van der Waals surface area contributed by atoms with Crippen LogP contribution in [0.2, 0.25) is 0 Å². The Bertz CT molecular complexity index is 960. The van der Waals surface area contributed by atoms with E-state index in [0.29, 0.717) is 22.7 Å². The van der Waals surface area contributed by atoms with Gasteiger partial charge in [0, 0.05) is 4.47 Å². The predicted octanol–water partition coefficient (Wildman–Crippen LogP) is 3.40. The summed E-state index contributed by atoms with van der Waals surface area (Å²) in [6.45, 7) is 4.40. The average Bonchev–Trinajstić information content (AvgIpc) is 2.65. The minimum Gasteiger partial charge on any atom is -0.493 e. The number of halogens is 1. The maximum absolute atomic E-state index is 12.2. The number of hydrazone groups is 1. The van der Waals surface area contributed by atoms with Gasteiger partial charge >= 0.3 is 0 Å². The van der Waals surface area contributed by atoms with Gasteiger partial charge in [-0.1, -0.05) is 26.0 Å². The topological polar surface area (TPSA) is 88.1 Å². The lowest BCUT2D eigenvalue weighted by Gasteiger charge is -2.22. The van der Waals surface area contributed by atoms with Gasteiger partial charge in [-0.15, -0.1) is 0 Å². The van der Waals surface area contributed by atoms with Crippen molar-refractivity contribution in [3.8, 4) is 5.75 Å². The molecule has 2 aromatic carbocycles. The highest BCUT2D eigenvalue weighted by Gasteiger charge is 2.22. The van der Waals surface area contributed by atoms with E-state index < -0.39 is 15.9 Å². The number of carbonyl (C=O) groups excluding carboxylic acids is 1. The van der Waals surface area contributed by atoms with Crippen molar-refractivity contribution in [1.29, 1.82) is 0 Å². The minimum absolute atomic E-state index is 0.381. The summed E-state index contributed by atoms with van der Waals surface area (Å²) in [5.74, 6) is 0.644. The molecular weight excluding hydrogens is 458 g/mol. The smallest absolute Gasteiger partial charge is 0.260 e. The molecule has 0 aliphatic heterocycles. The fourth-order valence-electron chi connectivity index (χ4n) is 2.29. The van der Waals surface area contributed by atoms with E-state index in [1.54, 1.807) is 24.3 Å². The predicted molar refractivity (Wildman–Crippen MR) is 119 cm³/mol. The normalized spacial score (nSPS) is 11.6. The molecule has 0 saturated carbocycles. The van der Waals surface area contributed by atoms with E-state index in [0.717, 1.165) is 21.9 Å². The molecule has 0 aliphatic rings. The first-order valence-electron chi connectivity index (χ1n) is 8.94. The SMILES string of the molecule is CC(C)COc1ccc(/C=N\NC(=O)CN(c2ccccc2Br)S(C)(=O)=O)cc1. The third kappa shape index (κ3) is 7.51. The minimum atomic E-state index is -3.65. The lowest BCUT2D eigenvalue weighted by atomic mass is 10.2. The zero-order chi connectivity index (χ0) is 21.4. The number of nitrogens with zero attached hydrogens (tertiary/aromatic N) is 2. The monoisotopic (exact) mass is 481 g/mol. The van der Waals surface area contributed by atoms with E-state index >= 15 is 0 Å². The van der Waals surface area contributed by atoms with E-state index in [-0.39, 0.29) is 6.54 Å². The maximum Gasteiger partial charge on any atom is 0.260 e. The molecule has 0 saturated heterocycles. The molecule has 0 spiro atoms. The van der Waals surface area contributed by atoms with Crippen LogP contribution in [0.5, 0.6) is 5.75 Å². The Morgan fingerprint density at radius 1 is 1.21 bits per heavy atom. The van der Waals surface area contributed by atoms with Crippen molar-refractivity contribution in [2.24, 2.45) is 11.0 Å². The van der Waals surface area contributed by atoms with Gasteiger partial charge in [0.2, 0.25) is 10.0 Å². The number of anilines is 1. The summed E-state index contributed by atoms with van der Waals surface area (Å²) in [5, 5.41) is 3.90. The van der Waals surface area contributed by atoms with Crippen molar-refractivity contribution in [2.75, 3.05) is 23.7 Å². The first kappa shape index (κ1) is 22.9. The number of rotatable bonds is 9. The molecule has 0 heterocycles. The van der Waals surface area contributed by atoms with Crippen molar-refractivity contribution in [1.82, 2.24) is 5.43 Å². The second-order valence-electron chi connectivity index (χ2n) is 6.79. The van der Waals surface area contributed by atoms with Gasteiger partial charge in [-0.25, -0.2) is 13.8 Å². The lowest BCUT2D eigenvalue weighted by Crippen LogP contribution is -2.39. The summed E-state index contributed by atoms with van der Waals surface area (Å²) in [6.07, 6.45) is 2.53. The molecule has 1 amide bonds. The third-order valence-corrected chi connectivity index (χ3v) is 5.47. The summed E-state index contributed by atoms with van der Waals surface area (Å²) < 4.78 is 31.4. The van der Waals surface area contributed by atoms with Crippen LogP contribution in [-0.4, -0.2) is 39.9 Å². The highest BCUT2D eigenvalue weighted by molar-refractivity contribution is 9.10. The Kier molecular flexibility index (Phi) is 8.21. The van der Waals surface area contributed by atoms with Crippen LogP contribution in [0.3, 0.4) is 0 Å². The van der Waals surface area contributed by atoms with Crippen LogP contribution in [0.1, 0.15) is 19.4 Å². The van der Waals surface area contributed by atoms with Gasteiger partial charge in [0.1, 0.15) is 12.3 Å². The Hall–Kier alpha value is -2.39. The molecule has 0 fully saturated rings. The molecule has 29 heavy (non-hydrogen) atoms.